The van der Waals surface area contributed by atoms with E-state index in [-0.39, 0.29) is 28.1 Å². The van der Waals surface area contributed by atoms with E-state index < -0.39 is 15.9 Å². The number of carbonyl (C=O) groups excluding carboxylic acids is 1. The van der Waals surface area contributed by atoms with Crippen molar-refractivity contribution in [2.24, 2.45) is 0 Å². The molecule has 0 aromatic heterocycles. The molecular weight excluding hydrogens is 428 g/mol. The van der Waals surface area contributed by atoms with Crippen LogP contribution < -0.4 is 14.8 Å². The van der Waals surface area contributed by atoms with E-state index >= 15 is 0 Å². The quantitative estimate of drug-likeness (QED) is 0.756. The second kappa shape index (κ2) is 8.83. The number of ether oxygens (including phenoxy) is 2. The first-order valence-electron chi connectivity index (χ1n) is 9.91. The Kier molecular flexibility index (Phi) is 6.17. The summed E-state index contributed by atoms with van der Waals surface area (Å²) in [4.78, 5) is 12.8. The largest absolute Gasteiger partial charge is 0.486 e. The maximum Gasteiger partial charge on any atom is 0.252 e. The van der Waals surface area contributed by atoms with Gasteiger partial charge in [-0.2, -0.15) is 4.31 Å². The number of hydrogen-bond acceptors (Lipinski definition) is 5. The second-order valence-electron chi connectivity index (χ2n) is 7.31. The molecule has 9 heteroatoms. The fraction of sp³-hybridized carbons (Fsp3) is 0.381. The van der Waals surface area contributed by atoms with Crippen molar-refractivity contribution < 1.29 is 22.7 Å². The average molecular weight is 451 g/mol. The van der Waals surface area contributed by atoms with Gasteiger partial charge < -0.3 is 14.8 Å². The number of sulfonamides is 1. The molecule has 7 nitrogen and oxygen atoms in total. The summed E-state index contributed by atoms with van der Waals surface area (Å²) >= 11 is 6.19. The molecular formula is C21H23ClN2O5S. The number of rotatable bonds is 5. The molecule has 160 valence electrons. The van der Waals surface area contributed by atoms with Crippen molar-refractivity contribution in [1.82, 2.24) is 9.62 Å². The number of hydrogen-bond donors (Lipinski definition) is 1. The Labute approximate surface area is 181 Å². The van der Waals surface area contributed by atoms with Crippen LogP contribution >= 0.6 is 11.6 Å². The summed E-state index contributed by atoms with van der Waals surface area (Å²) in [5.41, 5.74) is 0.117. The molecule has 1 amide bonds. The fourth-order valence-electron chi connectivity index (χ4n) is 3.56. The Morgan fingerprint density at radius 2 is 1.83 bits per heavy atom. The molecule has 2 aliphatic rings. The molecule has 1 fully saturated rings. The van der Waals surface area contributed by atoms with Gasteiger partial charge in [-0.3, -0.25) is 4.79 Å². The van der Waals surface area contributed by atoms with Gasteiger partial charge >= 0.3 is 0 Å². The molecule has 1 saturated heterocycles. The molecule has 2 aromatic rings. The molecule has 0 spiro atoms. The SMILES string of the molecule is O=C(NC[C@H]1COc2ccccc2O1)c1cc(S(=O)(=O)N2CCCCC2)ccc1Cl. The number of amides is 1. The van der Waals surface area contributed by atoms with Crippen LogP contribution in [-0.2, 0) is 10.0 Å². The minimum Gasteiger partial charge on any atom is -0.486 e. The predicted molar refractivity (Wildman–Crippen MR) is 113 cm³/mol. The van der Waals surface area contributed by atoms with E-state index in [1.807, 2.05) is 18.2 Å². The lowest BCUT2D eigenvalue weighted by molar-refractivity contribution is 0.0789. The third-order valence-corrected chi connectivity index (χ3v) is 7.42. The highest BCUT2D eigenvalue weighted by Gasteiger charge is 2.28. The molecule has 0 saturated carbocycles. The zero-order chi connectivity index (χ0) is 21.1. The van der Waals surface area contributed by atoms with Crippen LogP contribution in [0.1, 0.15) is 29.6 Å². The zero-order valence-corrected chi connectivity index (χ0v) is 17.9. The van der Waals surface area contributed by atoms with E-state index in [0.29, 0.717) is 31.2 Å². The van der Waals surface area contributed by atoms with Crippen molar-refractivity contribution in [3.63, 3.8) is 0 Å². The van der Waals surface area contributed by atoms with Crippen molar-refractivity contribution in [3.8, 4) is 11.5 Å². The molecule has 0 aliphatic carbocycles. The maximum absolute atomic E-state index is 12.9. The van der Waals surface area contributed by atoms with Gasteiger partial charge in [-0.05, 0) is 43.2 Å². The van der Waals surface area contributed by atoms with E-state index in [9.17, 15) is 13.2 Å². The molecule has 0 bridgehead atoms. The second-order valence-corrected chi connectivity index (χ2v) is 9.66. The molecule has 2 aromatic carbocycles. The lowest BCUT2D eigenvalue weighted by atomic mass is 10.2. The molecule has 2 heterocycles. The number of carbonyl (C=O) groups is 1. The van der Waals surface area contributed by atoms with Gasteiger partial charge in [0.1, 0.15) is 12.7 Å². The predicted octanol–water partition coefficient (Wildman–Crippen LogP) is 3.08. The van der Waals surface area contributed by atoms with Crippen molar-refractivity contribution in [2.45, 2.75) is 30.3 Å². The maximum atomic E-state index is 12.9. The molecule has 30 heavy (non-hydrogen) atoms. The van der Waals surface area contributed by atoms with E-state index in [1.54, 1.807) is 6.07 Å². The summed E-state index contributed by atoms with van der Waals surface area (Å²) in [6, 6.07) is 11.6. The molecule has 1 atom stereocenters. The topological polar surface area (TPSA) is 84.9 Å². The normalized spacial score (nSPS) is 19.3. The van der Waals surface area contributed by atoms with Gasteiger partial charge in [-0.15, -0.1) is 0 Å². The van der Waals surface area contributed by atoms with Crippen molar-refractivity contribution in [2.75, 3.05) is 26.2 Å². The van der Waals surface area contributed by atoms with Crippen LogP contribution in [0.4, 0.5) is 0 Å². The third kappa shape index (κ3) is 4.40. The number of piperidine rings is 1. The minimum absolute atomic E-state index is 0.0742. The van der Waals surface area contributed by atoms with Crippen LogP contribution in [-0.4, -0.2) is 51.0 Å². The summed E-state index contributed by atoms with van der Waals surface area (Å²) in [6.45, 7) is 1.49. The first-order valence-corrected chi connectivity index (χ1v) is 11.7. The first-order chi connectivity index (χ1) is 14.4. The lowest BCUT2D eigenvalue weighted by Gasteiger charge is -2.27. The summed E-state index contributed by atoms with van der Waals surface area (Å²) in [7, 11) is -3.65. The van der Waals surface area contributed by atoms with Crippen LogP contribution in [0.5, 0.6) is 11.5 Å². The van der Waals surface area contributed by atoms with Crippen LogP contribution in [0, 0.1) is 0 Å². The zero-order valence-electron chi connectivity index (χ0n) is 16.3. The fourth-order valence-corrected chi connectivity index (χ4v) is 5.31. The van der Waals surface area contributed by atoms with Gasteiger partial charge in [0.05, 0.1) is 22.0 Å². The van der Waals surface area contributed by atoms with Crippen LogP contribution in [0.15, 0.2) is 47.4 Å². The number of benzene rings is 2. The molecule has 0 radical (unpaired) electrons. The van der Waals surface area contributed by atoms with Crippen molar-refractivity contribution in [1.29, 1.82) is 0 Å². The highest BCUT2D eigenvalue weighted by atomic mass is 35.5. The van der Waals surface area contributed by atoms with Gasteiger partial charge in [0.25, 0.3) is 5.91 Å². The third-order valence-electron chi connectivity index (χ3n) is 5.19. The van der Waals surface area contributed by atoms with Crippen LogP contribution in [0.3, 0.4) is 0 Å². The van der Waals surface area contributed by atoms with Gasteiger partial charge in [0.15, 0.2) is 11.5 Å². The van der Waals surface area contributed by atoms with E-state index in [0.717, 1.165) is 19.3 Å². The molecule has 4 rings (SSSR count). The summed E-state index contributed by atoms with van der Waals surface area (Å²) in [5.74, 6) is 0.826. The highest BCUT2D eigenvalue weighted by molar-refractivity contribution is 7.89. The molecule has 2 aliphatic heterocycles. The summed E-state index contributed by atoms with van der Waals surface area (Å²) in [6.07, 6.45) is 2.35. The number of para-hydroxylation sites is 2. The van der Waals surface area contributed by atoms with Gasteiger partial charge in [0.2, 0.25) is 10.0 Å². The van der Waals surface area contributed by atoms with E-state index in [1.165, 1.54) is 22.5 Å². The Morgan fingerprint density at radius 3 is 2.60 bits per heavy atom. The van der Waals surface area contributed by atoms with Crippen molar-refractivity contribution >= 4 is 27.5 Å². The van der Waals surface area contributed by atoms with Gasteiger partial charge in [0, 0.05) is 13.1 Å². The monoisotopic (exact) mass is 450 g/mol. The smallest absolute Gasteiger partial charge is 0.252 e. The van der Waals surface area contributed by atoms with Gasteiger partial charge in [-0.25, -0.2) is 8.42 Å². The number of nitrogens with one attached hydrogen (secondary N) is 1. The number of nitrogens with zero attached hydrogens (tertiary/aromatic N) is 1. The Bertz CT molecular complexity index is 1040. The Hall–Kier alpha value is -2.29. The van der Waals surface area contributed by atoms with Crippen LogP contribution in [0.2, 0.25) is 5.02 Å². The lowest BCUT2D eigenvalue weighted by Crippen LogP contribution is -2.41. The minimum atomic E-state index is -3.65. The standard InChI is InChI=1S/C21H23ClN2O5S/c22-18-9-8-16(30(26,27)24-10-4-1-5-11-24)12-17(18)21(25)23-13-15-14-28-19-6-2-3-7-20(19)29-15/h2-3,6-9,12,15H,1,4-5,10-11,13-14H2,(H,23,25)/t15-/m0/s1. The van der Waals surface area contributed by atoms with E-state index in [4.69, 9.17) is 21.1 Å². The Balaban J connectivity index is 1.45. The average Bonchev–Trinajstić information content (AvgIpc) is 2.78. The number of fused-ring (bicyclic) bond motifs is 1. The molecule has 1 N–H and O–H groups in total. The van der Waals surface area contributed by atoms with E-state index in [2.05, 4.69) is 5.32 Å². The Morgan fingerprint density at radius 1 is 1.10 bits per heavy atom. The van der Waals surface area contributed by atoms with Crippen LogP contribution in [0.25, 0.3) is 0 Å². The summed E-state index contributed by atoms with van der Waals surface area (Å²) in [5, 5.41) is 2.95. The highest BCUT2D eigenvalue weighted by Crippen LogP contribution is 2.31. The number of halogens is 1. The summed E-state index contributed by atoms with van der Waals surface area (Å²) < 4.78 is 38.8. The van der Waals surface area contributed by atoms with Gasteiger partial charge in [-0.1, -0.05) is 30.2 Å². The van der Waals surface area contributed by atoms with Crippen molar-refractivity contribution in [3.05, 3.63) is 53.1 Å². The first kappa shape index (κ1) is 21.0. The molecule has 0 unspecified atom stereocenters.